The van der Waals surface area contributed by atoms with Crippen LogP contribution in [0.4, 0.5) is 0 Å². The van der Waals surface area contributed by atoms with Crippen LogP contribution in [0.15, 0.2) is 152 Å². The standard InChI is InChI=1S/C41H32/c1-28-23-33(26-34(24-28)40(31-15-7-4-8-16-31)25-29(2)30-13-5-3-6-14-30)32-21-22-39-37-19-10-9-17-35(37)36-18-11-12-20-38(36)41(39)27-32/h3-15,17-27,31H,2,16H2,1H3/b40-25-. The van der Waals surface area contributed by atoms with Gasteiger partial charge in [0.05, 0.1) is 0 Å². The largest absolute Gasteiger partial charge is 0.0911 e. The molecule has 6 aromatic carbocycles. The molecule has 1 unspecified atom stereocenters. The van der Waals surface area contributed by atoms with E-state index in [1.165, 1.54) is 60.1 Å². The van der Waals surface area contributed by atoms with E-state index < -0.39 is 0 Å². The maximum atomic E-state index is 4.46. The molecule has 0 bridgehead atoms. The van der Waals surface area contributed by atoms with Crippen molar-refractivity contribution in [1.29, 1.82) is 0 Å². The molecule has 0 aromatic heterocycles. The third-order valence-electron chi connectivity index (χ3n) is 8.34. The highest BCUT2D eigenvalue weighted by Crippen LogP contribution is 2.39. The van der Waals surface area contributed by atoms with E-state index >= 15 is 0 Å². The van der Waals surface area contributed by atoms with Gasteiger partial charge in [-0.1, -0.05) is 140 Å². The zero-order chi connectivity index (χ0) is 27.8. The van der Waals surface area contributed by atoms with Crippen LogP contribution in [0.1, 0.15) is 23.1 Å². The number of aryl methyl sites for hydroxylation is 1. The topological polar surface area (TPSA) is 0 Å². The van der Waals surface area contributed by atoms with E-state index in [-0.39, 0.29) is 0 Å². The van der Waals surface area contributed by atoms with Crippen molar-refractivity contribution < 1.29 is 0 Å². The van der Waals surface area contributed by atoms with Crippen molar-refractivity contribution in [3.05, 3.63) is 169 Å². The maximum Gasteiger partial charge on any atom is 0.00618 e. The average molecular weight is 525 g/mol. The Labute approximate surface area is 242 Å². The Morgan fingerprint density at radius 1 is 0.610 bits per heavy atom. The van der Waals surface area contributed by atoms with E-state index in [1.807, 2.05) is 0 Å². The Hall–Kier alpha value is -4.94. The van der Waals surface area contributed by atoms with Crippen molar-refractivity contribution >= 4 is 43.5 Å². The lowest BCUT2D eigenvalue weighted by molar-refractivity contribution is 0.843. The second-order valence-corrected chi connectivity index (χ2v) is 11.1. The Morgan fingerprint density at radius 3 is 1.90 bits per heavy atom. The van der Waals surface area contributed by atoms with E-state index in [0.717, 1.165) is 17.6 Å². The van der Waals surface area contributed by atoms with Crippen molar-refractivity contribution in [1.82, 2.24) is 0 Å². The van der Waals surface area contributed by atoms with Gasteiger partial charge in [-0.2, -0.15) is 0 Å². The van der Waals surface area contributed by atoms with Gasteiger partial charge in [0, 0.05) is 5.92 Å². The Morgan fingerprint density at radius 2 is 1.24 bits per heavy atom. The summed E-state index contributed by atoms with van der Waals surface area (Å²) in [6.45, 7) is 6.66. The lowest BCUT2D eigenvalue weighted by Crippen LogP contribution is -2.03. The molecular weight excluding hydrogens is 492 g/mol. The van der Waals surface area contributed by atoms with Gasteiger partial charge in [0.25, 0.3) is 0 Å². The van der Waals surface area contributed by atoms with Crippen LogP contribution in [-0.4, -0.2) is 0 Å². The van der Waals surface area contributed by atoms with E-state index in [1.54, 1.807) is 0 Å². The molecule has 41 heavy (non-hydrogen) atoms. The third-order valence-corrected chi connectivity index (χ3v) is 8.34. The summed E-state index contributed by atoms with van der Waals surface area (Å²) < 4.78 is 0. The van der Waals surface area contributed by atoms with Gasteiger partial charge in [-0.05, 0) is 96.8 Å². The van der Waals surface area contributed by atoms with Crippen molar-refractivity contribution in [3.8, 4) is 11.1 Å². The van der Waals surface area contributed by atoms with Crippen LogP contribution in [0.25, 0.3) is 54.6 Å². The van der Waals surface area contributed by atoms with Gasteiger partial charge >= 0.3 is 0 Å². The van der Waals surface area contributed by atoms with Crippen LogP contribution in [0.3, 0.4) is 0 Å². The average Bonchev–Trinajstić information content (AvgIpc) is 3.04. The van der Waals surface area contributed by atoms with E-state index in [9.17, 15) is 0 Å². The number of allylic oxidation sites excluding steroid dienone is 7. The molecule has 0 heterocycles. The molecule has 1 atom stereocenters. The second kappa shape index (κ2) is 10.6. The summed E-state index contributed by atoms with van der Waals surface area (Å²) in [5.74, 6) is 0.307. The van der Waals surface area contributed by atoms with Crippen LogP contribution in [0, 0.1) is 12.8 Å². The first kappa shape index (κ1) is 25.1. The minimum atomic E-state index is 0.307. The van der Waals surface area contributed by atoms with Crippen molar-refractivity contribution in [2.45, 2.75) is 13.3 Å². The summed E-state index contributed by atoms with van der Waals surface area (Å²) in [6, 6.07) is 42.0. The number of hydrogen-bond donors (Lipinski definition) is 0. The van der Waals surface area contributed by atoms with E-state index in [4.69, 9.17) is 0 Å². The van der Waals surface area contributed by atoms with Crippen molar-refractivity contribution in [2.75, 3.05) is 0 Å². The molecule has 0 N–H and O–H groups in total. The Kier molecular flexibility index (Phi) is 6.45. The molecule has 0 saturated carbocycles. The maximum absolute atomic E-state index is 4.46. The molecule has 7 rings (SSSR count). The number of fused-ring (bicyclic) bond motifs is 6. The lowest BCUT2D eigenvalue weighted by atomic mass is 9.84. The molecule has 1 aliphatic rings. The summed E-state index contributed by atoms with van der Waals surface area (Å²) in [5.41, 5.74) is 8.49. The first-order valence-electron chi connectivity index (χ1n) is 14.4. The van der Waals surface area contributed by atoms with Gasteiger partial charge in [-0.25, -0.2) is 0 Å². The molecule has 0 heteroatoms. The fourth-order valence-electron chi connectivity index (χ4n) is 6.34. The molecular formula is C41H32. The predicted octanol–water partition coefficient (Wildman–Crippen LogP) is 11.4. The van der Waals surface area contributed by atoms with Gasteiger partial charge in [0.15, 0.2) is 0 Å². The minimum Gasteiger partial charge on any atom is -0.0911 e. The normalized spacial score (nSPS) is 15.1. The molecule has 0 aliphatic heterocycles. The van der Waals surface area contributed by atoms with Gasteiger partial charge in [-0.3, -0.25) is 0 Å². The quantitative estimate of drug-likeness (QED) is 0.155. The Bertz CT molecular complexity index is 2000. The summed E-state index contributed by atoms with van der Waals surface area (Å²) in [4.78, 5) is 0. The van der Waals surface area contributed by atoms with Crippen LogP contribution in [0.5, 0.6) is 0 Å². The molecule has 0 nitrogen and oxygen atoms in total. The number of benzene rings is 6. The van der Waals surface area contributed by atoms with Gasteiger partial charge in [0.1, 0.15) is 0 Å². The van der Waals surface area contributed by atoms with E-state index in [2.05, 4.69) is 159 Å². The lowest BCUT2D eigenvalue weighted by Gasteiger charge is -2.20. The number of hydrogen-bond acceptors (Lipinski definition) is 0. The fraction of sp³-hybridized carbons (Fsp3) is 0.0732. The summed E-state index contributed by atoms with van der Waals surface area (Å²) in [7, 11) is 0. The molecule has 0 radical (unpaired) electrons. The first-order valence-corrected chi connectivity index (χ1v) is 14.4. The third kappa shape index (κ3) is 4.72. The van der Waals surface area contributed by atoms with Crippen LogP contribution >= 0.6 is 0 Å². The SMILES string of the molecule is C=C(/C=C(\c1cc(C)cc(-c2ccc3c4ccccc4c4ccccc4c3c2)c1)C1C=CC=CC1)c1ccccc1. The number of rotatable bonds is 5. The zero-order valence-electron chi connectivity index (χ0n) is 23.3. The fourth-order valence-corrected chi connectivity index (χ4v) is 6.34. The van der Waals surface area contributed by atoms with Crippen molar-refractivity contribution in [2.24, 2.45) is 5.92 Å². The van der Waals surface area contributed by atoms with Gasteiger partial charge < -0.3 is 0 Å². The van der Waals surface area contributed by atoms with Gasteiger partial charge in [0.2, 0.25) is 0 Å². The molecule has 196 valence electrons. The molecule has 0 saturated heterocycles. The first-order chi connectivity index (χ1) is 20.2. The molecule has 1 aliphatic carbocycles. The zero-order valence-corrected chi connectivity index (χ0v) is 23.3. The molecule has 0 amide bonds. The van der Waals surface area contributed by atoms with E-state index in [0.29, 0.717) is 5.92 Å². The summed E-state index contributed by atoms with van der Waals surface area (Å²) in [6.07, 6.45) is 12.2. The van der Waals surface area contributed by atoms with Crippen LogP contribution in [0.2, 0.25) is 0 Å². The monoisotopic (exact) mass is 524 g/mol. The summed E-state index contributed by atoms with van der Waals surface area (Å²) in [5, 5.41) is 7.82. The highest BCUT2D eigenvalue weighted by molar-refractivity contribution is 6.25. The van der Waals surface area contributed by atoms with Crippen molar-refractivity contribution in [3.63, 3.8) is 0 Å². The molecule has 0 fully saturated rings. The second-order valence-electron chi connectivity index (χ2n) is 11.1. The Balaban J connectivity index is 1.39. The van der Waals surface area contributed by atoms with Gasteiger partial charge in [-0.15, -0.1) is 0 Å². The molecule has 0 spiro atoms. The molecule has 6 aromatic rings. The van der Waals surface area contributed by atoms with Crippen LogP contribution < -0.4 is 0 Å². The summed E-state index contributed by atoms with van der Waals surface area (Å²) >= 11 is 0. The minimum absolute atomic E-state index is 0.307. The predicted molar refractivity (Wildman–Crippen MR) is 179 cm³/mol. The highest BCUT2D eigenvalue weighted by atomic mass is 14.2. The highest BCUT2D eigenvalue weighted by Gasteiger charge is 2.17. The smallest absolute Gasteiger partial charge is 0.00618 e. The van der Waals surface area contributed by atoms with Crippen LogP contribution in [-0.2, 0) is 0 Å².